The Bertz CT molecular complexity index is 360. The molecule has 0 saturated heterocycles. The molecule has 1 unspecified atom stereocenters. The molecule has 1 atom stereocenters. The van der Waals surface area contributed by atoms with Gasteiger partial charge in [-0.1, -0.05) is 6.92 Å². The molecule has 90 valence electrons. The van der Waals surface area contributed by atoms with Crippen molar-refractivity contribution < 1.29 is 9.90 Å². The molecule has 1 amide bonds. The van der Waals surface area contributed by atoms with Crippen molar-refractivity contribution in [2.75, 3.05) is 6.54 Å². The van der Waals surface area contributed by atoms with Gasteiger partial charge in [-0.15, -0.1) is 0 Å². The van der Waals surface area contributed by atoms with E-state index < -0.39 is 0 Å². The summed E-state index contributed by atoms with van der Waals surface area (Å²) in [6, 6.07) is 0. The second kappa shape index (κ2) is 5.65. The molecule has 0 saturated carbocycles. The zero-order chi connectivity index (χ0) is 12.1. The van der Waals surface area contributed by atoms with E-state index in [-0.39, 0.29) is 12.0 Å². The second-order valence-corrected chi connectivity index (χ2v) is 3.87. The summed E-state index contributed by atoms with van der Waals surface area (Å²) >= 11 is 0. The van der Waals surface area contributed by atoms with E-state index in [2.05, 4.69) is 10.4 Å². The number of rotatable bonds is 5. The van der Waals surface area contributed by atoms with Crippen molar-refractivity contribution in [3.05, 3.63) is 17.5 Å². The fourth-order valence-corrected chi connectivity index (χ4v) is 1.37. The molecule has 0 bridgehead atoms. The molecule has 5 nitrogen and oxygen atoms in total. The van der Waals surface area contributed by atoms with Crippen molar-refractivity contribution in [1.82, 2.24) is 15.1 Å². The van der Waals surface area contributed by atoms with E-state index in [1.165, 1.54) is 0 Å². The highest BCUT2D eigenvalue weighted by molar-refractivity contribution is 5.94. The van der Waals surface area contributed by atoms with Gasteiger partial charge in [-0.2, -0.15) is 5.10 Å². The number of aryl methyl sites for hydroxylation is 1. The average molecular weight is 225 g/mol. The number of carbonyl (C=O) groups is 1. The van der Waals surface area contributed by atoms with Gasteiger partial charge in [0, 0.05) is 19.3 Å². The van der Waals surface area contributed by atoms with Crippen LogP contribution in [0.5, 0.6) is 0 Å². The molecular weight excluding hydrogens is 206 g/mol. The summed E-state index contributed by atoms with van der Waals surface area (Å²) in [6.45, 7) is 4.25. The molecule has 0 aliphatic rings. The van der Waals surface area contributed by atoms with E-state index in [1.54, 1.807) is 17.9 Å². The third-order valence-electron chi connectivity index (χ3n) is 2.71. The Morgan fingerprint density at radius 3 is 2.88 bits per heavy atom. The summed E-state index contributed by atoms with van der Waals surface area (Å²) in [5.74, 6) is -0.131. The lowest BCUT2D eigenvalue weighted by Gasteiger charge is -2.08. The minimum atomic E-state index is -0.338. The second-order valence-electron chi connectivity index (χ2n) is 3.87. The Kier molecular flexibility index (Phi) is 4.49. The maximum Gasteiger partial charge on any atom is 0.254 e. The van der Waals surface area contributed by atoms with Crippen LogP contribution in [-0.2, 0) is 7.05 Å². The smallest absolute Gasteiger partial charge is 0.254 e. The zero-order valence-electron chi connectivity index (χ0n) is 10.0. The third-order valence-corrected chi connectivity index (χ3v) is 2.71. The minimum absolute atomic E-state index is 0.131. The highest BCUT2D eigenvalue weighted by Crippen LogP contribution is 2.05. The molecular formula is C11H19N3O2. The van der Waals surface area contributed by atoms with Crippen LogP contribution in [0.25, 0.3) is 0 Å². The molecule has 1 aromatic rings. The van der Waals surface area contributed by atoms with Crippen LogP contribution in [0, 0.1) is 6.92 Å². The van der Waals surface area contributed by atoms with Crippen molar-refractivity contribution in [1.29, 1.82) is 0 Å². The van der Waals surface area contributed by atoms with Gasteiger partial charge in [0.15, 0.2) is 0 Å². The largest absolute Gasteiger partial charge is 0.393 e. The fraction of sp³-hybridized carbons (Fsp3) is 0.636. The van der Waals surface area contributed by atoms with Crippen LogP contribution in [0.4, 0.5) is 0 Å². The van der Waals surface area contributed by atoms with Gasteiger partial charge in [0.2, 0.25) is 0 Å². The molecule has 0 aromatic carbocycles. The van der Waals surface area contributed by atoms with Gasteiger partial charge >= 0.3 is 0 Å². The molecule has 1 heterocycles. The molecule has 1 rings (SSSR count). The Morgan fingerprint density at radius 2 is 2.38 bits per heavy atom. The van der Waals surface area contributed by atoms with Crippen molar-refractivity contribution in [3.8, 4) is 0 Å². The number of hydrogen-bond acceptors (Lipinski definition) is 3. The molecule has 16 heavy (non-hydrogen) atoms. The predicted molar refractivity (Wildman–Crippen MR) is 61.2 cm³/mol. The van der Waals surface area contributed by atoms with Gasteiger partial charge in [0.05, 0.1) is 17.9 Å². The van der Waals surface area contributed by atoms with E-state index in [0.29, 0.717) is 24.9 Å². The summed E-state index contributed by atoms with van der Waals surface area (Å²) in [7, 11) is 1.80. The van der Waals surface area contributed by atoms with Crippen LogP contribution < -0.4 is 5.32 Å². The van der Waals surface area contributed by atoms with E-state index >= 15 is 0 Å². The number of nitrogens with zero attached hydrogens (tertiary/aromatic N) is 2. The fourth-order valence-electron chi connectivity index (χ4n) is 1.37. The van der Waals surface area contributed by atoms with Gasteiger partial charge in [0.1, 0.15) is 0 Å². The first-order valence-electron chi connectivity index (χ1n) is 5.51. The number of aliphatic hydroxyl groups is 1. The van der Waals surface area contributed by atoms with Crippen molar-refractivity contribution >= 4 is 5.91 Å². The van der Waals surface area contributed by atoms with Crippen molar-refractivity contribution in [2.24, 2.45) is 7.05 Å². The SMILES string of the molecule is CCC(O)CCNC(=O)c1cnn(C)c1C. The lowest BCUT2D eigenvalue weighted by atomic mass is 10.2. The lowest BCUT2D eigenvalue weighted by Crippen LogP contribution is -2.27. The highest BCUT2D eigenvalue weighted by atomic mass is 16.3. The summed E-state index contributed by atoms with van der Waals surface area (Å²) in [5, 5.41) is 16.1. The molecule has 0 radical (unpaired) electrons. The lowest BCUT2D eigenvalue weighted by molar-refractivity contribution is 0.0941. The van der Waals surface area contributed by atoms with Crippen LogP contribution in [0.3, 0.4) is 0 Å². The third kappa shape index (κ3) is 3.06. The first kappa shape index (κ1) is 12.7. The van der Waals surface area contributed by atoms with Crippen LogP contribution in [0.2, 0.25) is 0 Å². The number of aromatic nitrogens is 2. The van der Waals surface area contributed by atoms with Crippen LogP contribution in [0.15, 0.2) is 6.20 Å². The summed E-state index contributed by atoms with van der Waals surface area (Å²) in [4.78, 5) is 11.7. The van der Waals surface area contributed by atoms with E-state index in [0.717, 1.165) is 5.69 Å². The number of nitrogens with one attached hydrogen (secondary N) is 1. The maximum absolute atomic E-state index is 11.7. The first-order valence-corrected chi connectivity index (χ1v) is 5.51. The molecule has 0 fully saturated rings. The Morgan fingerprint density at radius 1 is 1.69 bits per heavy atom. The topological polar surface area (TPSA) is 67.2 Å². The molecule has 2 N–H and O–H groups in total. The zero-order valence-corrected chi connectivity index (χ0v) is 10.0. The normalized spacial score (nSPS) is 12.5. The number of aliphatic hydroxyl groups excluding tert-OH is 1. The highest BCUT2D eigenvalue weighted by Gasteiger charge is 2.12. The van der Waals surface area contributed by atoms with E-state index in [4.69, 9.17) is 0 Å². The predicted octanol–water partition coefficient (Wildman–Crippen LogP) is 0.619. The van der Waals surface area contributed by atoms with Crippen LogP contribution in [-0.4, -0.2) is 33.4 Å². The Hall–Kier alpha value is -1.36. The summed E-state index contributed by atoms with van der Waals surface area (Å²) < 4.78 is 1.66. The maximum atomic E-state index is 11.7. The summed E-state index contributed by atoms with van der Waals surface area (Å²) in [6.07, 6.45) is 2.51. The Balaban J connectivity index is 2.44. The van der Waals surface area contributed by atoms with Crippen LogP contribution >= 0.6 is 0 Å². The van der Waals surface area contributed by atoms with Gasteiger partial charge in [-0.3, -0.25) is 9.48 Å². The van der Waals surface area contributed by atoms with Crippen LogP contribution in [0.1, 0.15) is 35.8 Å². The van der Waals surface area contributed by atoms with E-state index in [1.807, 2.05) is 13.8 Å². The average Bonchev–Trinajstić information content (AvgIpc) is 2.59. The number of amides is 1. The van der Waals surface area contributed by atoms with E-state index in [9.17, 15) is 9.90 Å². The minimum Gasteiger partial charge on any atom is -0.393 e. The van der Waals surface area contributed by atoms with Gasteiger partial charge in [0.25, 0.3) is 5.91 Å². The van der Waals surface area contributed by atoms with Gasteiger partial charge in [-0.05, 0) is 19.8 Å². The first-order chi connectivity index (χ1) is 7.56. The Labute approximate surface area is 95.5 Å². The van der Waals surface area contributed by atoms with Crippen molar-refractivity contribution in [2.45, 2.75) is 32.8 Å². The molecule has 1 aromatic heterocycles. The standard InChI is InChI=1S/C11H19N3O2/c1-4-9(15)5-6-12-11(16)10-7-13-14(3)8(10)2/h7,9,15H,4-6H2,1-3H3,(H,12,16). The molecule has 0 aliphatic heterocycles. The van der Waals surface area contributed by atoms with Gasteiger partial charge in [-0.25, -0.2) is 0 Å². The summed E-state index contributed by atoms with van der Waals surface area (Å²) in [5.41, 5.74) is 1.43. The molecule has 0 aliphatic carbocycles. The number of carbonyl (C=O) groups excluding carboxylic acids is 1. The molecule has 5 heteroatoms. The quantitative estimate of drug-likeness (QED) is 0.772. The van der Waals surface area contributed by atoms with Crippen molar-refractivity contribution in [3.63, 3.8) is 0 Å². The number of hydrogen-bond donors (Lipinski definition) is 2. The van der Waals surface area contributed by atoms with Gasteiger partial charge < -0.3 is 10.4 Å². The molecule has 0 spiro atoms. The monoisotopic (exact) mass is 225 g/mol.